The van der Waals surface area contributed by atoms with Gasteiger partial charge in [0.05, 0.1) is 0 Å². The van der Waals surface area contributed by atoms with Crippen molar-refractivity contribution in [3.05, 3.63) is 33.3 Å². The molecule has 0 amide bonds. The number of benzene rings is 1. The van der Waals surface area contributed by atoms with Gasteiger partial charge in [0.25, 0.3) is 0 Å². The molecule has 0 bridgehead atoms. The van der Waals surface area contributed by atoms with Crippen LogP contribution in [0.5, 0.6) is 0 Å². The Bertz CT molecular complexity index is 478. The molecule has 0 spiro atoms. The molecule has 0 aliphatic carbocycles. The molecular weight excluding hydrogens is 338 g/mol. The predicted molar refractivity (Wildman–Crippen MR) is 89.2 cm³/mol. The van der Waals surface area contributed by atoms with E-state index in [0.717, 1.165) is 29.1 Å². The van der Waals surface area contributed by atoms with E-state index in [1.54, 1.807) is 0 Å². The Morgan fingerprint density at radius 3 is 2.65 bits per heavy atom. The first-order valence-electron chi connectivity index (χ1n) is 6.95. The van der Waals surface area contributed by atoms with Crippen molar-refractivity contribution < 1.29 is 0 Å². The highest BCUT2D eigenvalue weighted by Crippen LogP contribution is 2.32. The van der Waals surface area contributed by atoms with Crippen molar-refractivity contribution in [2.45, 2.75) is 25.4 Å². The maximum Gasteiger partial charge on any atom is 0.0482 e. The maximum absolute atomic E-state index is 6.06. The second kappa shape index (κ2) is 6.32. The van der Waals surface area contributed by atoms with Crippen molar-refractivity contribution in [1.82, 2.24) is 9.80 Å². The lowest BCUT2D eigenvalue weighted by Crippen LogP contribution is -2.58. The van der Waals surface area contributed by atoms with Gasteiger partial charge in [-0.2, -0.15) is 0 Å². The molecule has 1 saturated heterocycles. The Morgan fingerprint density at radius 1 is 1.40 bits per heavy atom. The lowest BCUT2D eigenvalue weighted by molar-refractivity contribution is 0.0179. The van der Waals surface area contributed by atoms with Gasteiger partial charge in [-0.05, 0) is 38.6 Å². The van der Waals surface area contributed by atoms with Crippen LogP contribution in [-0.4, -0.2) is 48.6 Å². The van der Waals surface area contributed by atoms with Crippen LogP contribution in [-0.2, 0) is 0 Å². The van der Waals surface area contributed by atoms with Gasteiger partial charge in [0.15, 0.2) is 0 Å². The van der Waals surface area contributed by atoms with E-state index in [2.05, 4.69) is 52.7 Å². The molecule has 1 atom stereocenters. The number of likely N-dealkylation sites (N-methyl/N-ethyl adjacent to an activating group) is 1. The first kappa shape index (κ1) is 16.2. The summed E-state index contributed by atoms with van der Waals surface area (Å²) in [4.78, 5) is 4.89. The van der Waals surface area contributed by atoms with Gasteiger partial charge in [-0.25, -0.2) is 0 Å². The molecule has 1 aliphatic heterocycles. The van der Waals surface area contributed by atoms with E-state index < -0.39 is 0 Å². The quantitative estimate of drug-likeness (QED) is 0.899. The van der Waals surface area contributed by atoms with E-state index >= 15 is 0 Å². The molecule has 20 heavy (non-hydrogen) atoms. The molecule has 1 aromatic rings. The molecule has 0 saturated carbocycles. The number of piperazine rings is 1. The molecule has 2 N–H and O–H groups in total. The van der Waals surface area contributed by atoms with Crippen LogP contribution in [0.2, 0.25) is 5.02 Å². The van der Waals surface area contributed by atoms with Crippen LogP contribution in [0.15, 0.2) is 22.7 Å². The molecule has 1 heterocycles. The second-order valence-electron chi connectivity index (χ2n) is 6.12. The summed E-state index contributed by atoms with van der Waals surface area (Å²) in [6.07, 6.45) is 0. The van der Waals surface area contributed by atoms with Crippen LogP contribution in [0, 0.1) is 0 Å². The third-order valence-corrected chi connectivity index (χ3v) is 5.25. The largest absolute Gasteiger partial charge is 0.329 e. The van der Waals surface area contributed by atoms with Crippen molar-refractivity contribution in [2.24, 2.45) is 5.73 Å². The molecule has 0 aromatic heterocycles. The molecule has 0 radical (unpaired) electrons. The standard InChI is InChI=1S/C15H23BrClN3/c1-15(2)10-20(7-6-19(15)3)14(9-18)12-5-4-11(17)8-13(12)16/h4-5,8,14H,6-7,9-10,18H2,1-3H3. The smallest absolute Gasteiger partial charge is 0.0482 e. The highest BCUT2D eigenvalue weighted by atomic mass is 79.9. The first-order chi connectivity index (χ1) is 9.35. The lowest BCUT2D eigenvalue weighted by Gasteiger charge is -2.48. The van der Waals surface area contributed by atoms with Crippen LogP contribution in [0.3, 0.4) is 0 Å². The number of hydrogen-bond donors (Lipinski definition) is 1. The minimum atomic E-state index is 0.171. The number of hydrogen-bond acceptors (Lipinski definition) is 3. The van der Waals surface area contributed by atoms with Gasteiger partial charge < -0.3 is 5.73 Å². The topological polar surface area (TPSA) is 32.5 Å². The van der Waals surface area contributed by atoms with Crippen molar-refractivity contribution in [1.29, 1.82) is 0 Å². The van der Waals surface area contributed by atoms with Gasteiger partial charge in [0.2, 0.25) is 0 Å². The fraction of sp³-hybridized carbons (Fsp3) is 0.600. The van der Waals surface area contributed by atoms with E-state index in [0.29, 0.717) is 6.54 Å². The van der Waals surface area contributed by atoms with E-state index in [1.807, 2.05) is 12.1 Å². The summed E-state index contributed by atoms with van der Waals surface area (Å²) in [5.41, 5.74) is 7.45. The van der Waals surface area contributed by atoms with E-state index in [1.165, 1.54) is 5.56 Å². The summed E-state index contributed by atoms with van der Waals surface area (Å²) < 4.78 is 1.04. The summed E-state index contributed by atoms with van der Waals surface area (Å²) in [5, 5.41) is 0.745. The average molecular weight is 361 g/mol. The van der Waals surface area contributed by atoms with Crippen LogP contribution >= 0.6 is 27.5 Å². The van der Waals surface area contributed by atoms with E-state index in [-0.39, 0.29) is 11.6 Å². The highest BCUT2D eigenvalue weighted by molar-refractivity contribution is 9.10. The molecule has 1 aromatic carbocycles. The zero-order valence-corrected chi connectivity index (χ0v) is 14.7. The van der Waals surface area contributed by atoms with E-state index in [4.69, 9.17) is 17.3 Å². The van der Waals surface area contributed by atoms with Crippen LogP contribution < -0.4 is 5.73 Å². The Morgan fingerprint density at radius 2 is 2.10 bits per heavy atom. The summed E-state index contributed by atoms with van der Waals surface area (Å²) in [7, 11) is 2.19. The van der Waals surface area contributed by atoms with Crippen LogP contribution in [0.1, 0.15) is 25.5 Å². The predicted octanol–water partition coefficient (Wildman–Crippen LogP) is 3.13. The van der Waals surface area contributed by atoms with Gasteiger partial charge in [-0.1, -0.05) is 33.6 Å². The Kier molecular flexibility index (Phi) is 5.14. The maximum atomic E-state index is 6.06. The van der Waals surface area contributed by atoms with Gasteiger partial charge >= 0.3 is 0 Å². The fourth-order valence-corrected chi connectivity index (χ4v) is 3.74. The third kappa shape index (κ3) is 3.37. The Labute approximate surface area is 135 Å². The summed E-state index contributed by atoms with van der Waals surface area (Å²) in [5.74, 6) is 0. The van der Waals surface area contributed by atoms with Crippen molar-refractivity contribution in [2.75, 3.05) is 33.2 Å². The van der Waals surface area contributed by atoms with E-state index in [9.17, 15) is 0 Å². The van der Waals surface area contributed by atoms with Gasteiger partial charge in [0.1, 0.15) is 0 Å². The van der Waals surface area contributed by atoms with Crippen molar-refractivity contribution in [3.8, 4) is 0 Å². The molecule has 3 nitrogen and oxygen atoms in total. The fourth-order valence-electron chi connectivity index (χ4n) is 2.79. The third-order valence-electron chi connectivity index (χ3n) is 4.33. The Hall–Kier alpha value is -0.130. The second-order valence-corrected chi connectivity index (χ2v) is 7.41. The molecular formula is C15H23BrClN3. The van der Waals surface area contributed by atoms with Gasteiger partial charge in [0, 0.05) is 47.3 Å². The minimum absolute atomic E-state index is 0.171. The number of rotatable bonds is 3. The molecule has 2 rings (SSSR count). The molecule has 1 unspecified atom stereocenters. The normalized spacial score (nSPS) is 21.9. The summed E-state index contributed by atoms with van der Waals surface area (Å²) >= 11 is 9.65. The highest BCUT2D eigenvalue weighted by Gasteiger charge is 2.34. The van der Waals surface area contributed by atoms with Gasteiger partial charge in [-0.3, -0.25) is 9.80 Å². The minimum Gasteiger partial charge on any atom is -0.329 e. The summed E-state index contributed by atoms with van der Waals surface area (Å²) in [6, 6.07) is 6.19. The van der Waals surface area contributed by atoms with Crippen molar-refractivity contribution >= 4 is 27.5 Å². The first-order valence-corrected chi connectivity index (χ1v) is 8.12. The number of halogens is 2. The molecule has 1 aliphatic rings. The van der Waals surface area contributed by atoms with Crippen LogP contribution in [0.25, 0.3) is 0 Å². The van der Waals surface area contributed by atoms with Crippen molar-refractivity contribution in [3.63, 3.8) is 0 Å². The lowest BCUT2D eigenvalue weighted by atomic mass is 9.96. The molecule has 1 fully saturated rings. The zero-order valence-electron chi connectivity index (χ0n) is 12.4. The average Bonchev–Trinajstić information content (AvgIpc) is 2.36. The van der Waals surface area contributed by atoms with Gasteiger partial charge in [-0.15, -0.1) is 0 Å². The summed E-state index contributed by atoms with van der Waals surface area (Å²) in [6.45, 7) is 8.29. The van der Waals surface area contributed by atoms with Crippen LogP contribution in [0.4, 0.5) is 0 Å². The number of nitrogens with two attached hydrogens (primary N) is 1. The Balaban J connectivity index is 2.24. The SMILES string of the molecule is CN1CCN(C(CN)c2ccc(Cl)cc2Br)CC1(C)C. The molecule has 112 valence electrons. The monoisotopic (exact) mass is 359 g/mol. The molecule has 5 heteroatoms. The number of nitrogens with zero attached hydrogens (tertiary/aromatic N) is 2. The zero-order chi connectivity index (χ0) is 14.9.